The maximum atomic E-state index is 13.1. The Bertz CT molecular complexity index is 1060. The summed E-state index contributed by atoms with van der Waals surface area (Å²) in [7, 11) is 1.38. The van der Waals surface area contributed by atoms with Crippen molar-refractivity contribution in [2.45, 2.75) is 70.8 Å². The molecule has 2 heterocycles. The third-order valence-electron chi connectivity index (χ3n) is 5.80. The summed E-state index contributed by atoms with van der Waals surface area (Å²) in [5.74, 6) is -1.19. The number of hydrogen-bond donors (Lipinski definition) is 1. The van der Waals surface area contributed by atoms with Gasteiger partial charge in [0.25, 0.3) is 5.91 Å². The molecule has 1 saturated heterocycles. The fraction of sp³-hybridized carbons (Fsp3) is 0.481. The third kappa shape index (κ3) is 7.66. The molecule has 1 aromatic heterocycles. The minimum atomic E-state index is -0.949. The molecule has 1 aliphatic rings. The molecular formula is C27H34N2O8. The molecule has 1 fully saturated rings. The van der Waals surface area contributed by atoms with Gasteiger partial charge in [0.1, 0.15) is 30.1 Å². The van der Waals surface area contributed by atoms with Crippen LogP contribution in [0.2, 0.25) is 0 Å². The molecular weight excluding hydrogens is 480 g/mol. The zero-order valence-electron chi connectivity index (χ0n) is 21.6. The number of nitrogens with one attached hydrogen (secondary N) is 1. The van der Waals surface area contributed by atoms with Gasteiger partial charge >= 0.3 is 11.9 Å². The molecule has 1 amide bonds. The first-order valence-corrected chi connectivity index (χ1v) is 12.4. The number of esters is 2. The number of ether oxygens (including phenoxy) is 5. The molecule has 3 rings (SSSR count). The van der Waals surface area contributed by atoms with Gasteiger partial charge in [-0.05, 0) is 44.7 Å². The number of para-hydroxylation sites is 1. The highest BCUT2D eigenvalue weighted by molar-refractivity contribution is 5.98. The van der Waals surface area contributed by atoms with Crippen LogP contribution in [0.4, 0.5) is 0 Å². The van der Waals surface area contributed by atoms with Crippen LogP contribution in [0.15, 0.2) is 42.6 Å². The van der Waals surface area contributed by atoms with Gasteiger partial charge in [0, 0.05) is 25.8 Å². The van der Waals surface area contributed by atoms with Crippen LogP contribution < -0.4 is 19.5 Å². The number of carbonyl (C=O) groups is 3. The van der Waals surface area contributed by atoms with Gasteiger partial charge in [-0.3, -0.25) is 9.59 Å². The summed E-state index contributed by atoms with van der Waals surface area (Å²) in [6.07, 6.45) is 2.11. The van der Waals surface area contributed by atoms with E-state index in [0.717, 1.165) is 6.42 Å². The second kappa shape index (κ2) is 13.6. The Hall–Kier alpha value is -3.66. The molecule has 10 nitrogen and oxygen atoms in total. The minimum Gasteiger partial charge on any atom is -0.493 e. The molecule has 0 bridgehead atoms. The van der Waals surface area contributed by atoms with Crippen LogP contribution in [-0.2, 0) is 19.1 Å². The minimum absolute atomic E-state index is 0.121. The summed E-state index contributed by atoms with van der Waals surface area (Å²) in [6.45, 7) is 5.45. The van der Waals surface area contributed by atoms with Crippen LogP contribution in [-0.4, -0.2) is 60.9 Å². The zero-order valence-corrected chi connectivity index (χ0v) is 21.6. The normalized spacial score (nSPS) is 22.0. The van der Waals surface area contributed by atoms with Crippen molar-refractivity contribution in [1.82, 2.24) is 10.3 Å². The van der Waals surface area contributed by atoms with Gasteiger partial charge in [-0.15, -0.1) is 0 Å². The molecule has 1 N–H and O–H groups in total. The van der Waals surface area contributed by atoms with Crippen LogP contribution in [0, 0.1) is 0 Å². The zero-order chi connectivity index (χ0) is 26.8. The smallest absolute Gasteiger partial charge is 0.329 e. The van der Waals surface area contributed by atoms with E-state index in [2.05, 4.69) is 10.3 Å². The Balaban J connectivity index is 1.80. The van der Waals surface area contributed by atoms with Gasteiger partial charge in [-0.2, -0.15) is 0 Å². The Kier molecular flexibility index (Phi) is 10.3. The lowest BCUT2D eigenvalue weighted by Crippen LogP contribution is -2.46. The molecule has 10 heteroatoms. The van der Waals surface area contributed by atoms with Gasteiger partial charge in [0.05, 0.1) is 7.11 Å². The summed E-state index contributed by atoms with van der Waals surface area (Å²) in [6, 6.07) is 9.93. The summed E-state index contributed by atoms with van der Waals surface area (Å²) in [4.78, 5) is 41.9. The van der Waals surface area contributed by atoms with E-state index in [4.69, 9.17) is 23.7 Å². The van der Waals surface area contributed by atoms with Crippen molar-refractivity contribution in [2.75, 3.05) is 13.7 Å². The van der Waals surface area contributed by atoms with Crippen LogP contribution in [0.1, 0.15) is 56.9 Å². The summed E-state index contributed by atoms with van der Waals surface area (Å²) in [5, 5.41) is 2.68. The van der Waals surface area contributed by atoms with Crippen molar-refractivity contribution in [2.24, 2.45) is 0 Å². The lowest BCUT2D eigenvalue weighted by molar-refractivity contribution is -0.163. The van der Waals surface area contributed by atoms with Crippen molar-refractivity contribution >= 4 is 17.8 Å². The largest absolute Gasteiger partial charge is 0.493 e. The number of cyclic esters (lactones) is 1. The quantitative estimate of drug-likeness (QED) is 0.501. The first kappa shape index (κ1) is 27.9. The predicted octanol–water partition coefficient (Wildman–Crippen LogP) is 3.47. The second-order valence-corrected chi connectivity index (χ2v) is 8.69. The van der Waals surface area contributed by atoms with Crippen molar-refractivity contribution in [3.8, 4) is 17.2 Å². The van der Waals surface area contributed by atoms with Crippen molar-refractivity contribution < 1.29 is 38.1 Å². The highest BCUT2D eigenvalue weighted by Crippen LogP contribution is 2.30. The standard InChI is InChI=1S/C27H34N2O8/c1-5-16-34-24-17(2)35-27(32)20(12-9-13-22(24)37-19-10-7-6-8-11-19)29-26(31)23-25(36-18(3)30)21(33-4)14-15-28-23/h6-8,10-11,14-15,17,20,22,24H,5,9,12-13,16H2,1-4H3,(H,29,31)/t17-,20-,22-,24-/m0/s1. The van der Waals surface area contributed by atoms with E-state index < -0.39 is 36.1 Å². The van der Waals surface area contributed by atoms with E-state index in [1.54, 1.807) is 6.92 Å². The van der Waals surface area contributed by atoms with Crippen molar-refractivity contribution in [3.63, 3.8) is 0 Å². The summed E-state index contributed by atoms with van der Waals surface area (Å²) in [5.41, 5.74) is -0.176. The van der Waals surface area contributed by atoms with Gasteiger partial charge < -0.3 is 29.0 Å². The van der Waals surface area contributed by atoms with Gasteiger partial charge in [0.15, 0.2) is 11.4 Å². The Morgan fingerprint density at radius 2 is 1.92 bits per heavy atom. The predicted molar refractivity (Wildman–Crippen MR) is 134 cm³/mol. The number of amides is 1. The molecule has 200 valence electrons. The number of rotatable bonds is 9. The van der Waals surface area contributed by atoms with E-state index in [0.29, 0.717) is 31.6 Å². The highest BCUT2D eigenvalue weighted by Gasteiger charge is 2.36. The molecule has 0 radical (unpaired) electrons. The van der Waals surface area contributed by atoms with Gasteiger partial charge in [-0.1, -0.05) is 25.1 Å². The fourth-order valence-electron chi connectivity index (χ4n) is 4.09. The molecule has 1 aliphatic heterocycles. The van der Waals surface area contributed by atoms with Gasteiger partial charge in [-0.25, -0.2) is 9.78 Å². The monoisotopic (exact) mass is 514 g/mol. The van der Waals surface area contributed by atoms with Crippen molar-refractivity contribution in [1.29, 1.82) is 0 Å². The number of methoxy groups -OCH3 is 1. The molecule has 0 aliphatic carbocycles. The molecule has 0 spiro atoms. The van der Waals surface area contributed by atoms with Gasteiger partial charge in [0.2, 0.25) is 5.75 Å². The lowest BCUT2D eigenvalue weighted by Gasteiger charge is -2.31. The Morgan fingerprint density at radius 3 is 2.59 bits per heavy atom. The lowest BCUT2D eigenvalue weighted by atomic mass is 10.0. The van der Waals surface area contributed by atoms with E-state index in [-0.39, 0.29) is 23.3 Å². The van der Waals surface area contributed by atoms with E-state index in [9.17, 15) is 14.4 Å². The molecule has 2 aromatic rings. The highest BCUT2D eigenvalue weighted by atomic mass is 16.6. The molecule has 0 unspecified atom stereocenters. The Morgan fingerprint density at radius 1 is 1.16 bits per heavy atom. The van der Waals surface area contributed by atoms with E-state index in [1.165, 1.54) is 26.3 Å². The second-order valence-electron chi connectivity index (χ2n) is 8.69. The third-order valence-corrected chi connectivity index (χ3v) is 5.80. The van der Waals surface area contributed by atoms with Crippen LogP contribution in [0.3, 0.4) is 0 Å². The molecule has 1 aromatic carbocycles. The number of aromatic nitrogens is 1. The van der Waals surface area contributed by atoms with Crippen molar-refractivity contribution in [3.05, 3.63) is 48.3 Å². The Labute approximate surface area is 216 Å². The molecule has 4 atom stereocenters. The van der Waals surface area contributed by atoms with E-state index >= 15 is 0 Å². The number of hydrogen-bond acceptors (Lipinski definition) is 9. The van der Waals surface area contributed by atoms with E-state index in [1.807, 2.05) is 37.3 Å². The average molecular weight is 515 g/mol. The summed E-state index contributed by atoms with van der Waals surface area (Å²) >= 11 is 0. The SMILES string of the molecule is CCCO[C@H]1[C@H](C)OC(=O)[C@@H](NC(=O)c2nccc(OC)c2OC(C)=O)CCC[C@@H]1Oc1ccccc1. The number of benzene rings is 1. The number of pyridine rings is 1. The average Bonchev–Trinajstić information content (AvgIpc) is 2.92. The maximum Gasteiger partial charge on any atom is 0.329 e. The van der Waals surface area contributed by atoms with Crippen LogP contribution in [0.25, 0.3) is 0 Å². The summed E-state index contributed by atoms with van der Waals surface area (Å²) < 4.78 is 28.4. The fourth-order valence-corrected chi connectivity index (χ4v) is 4.09. The maximum absolute atomic E-state index is 13.1. The molecule has 0 saturated carbocycles. The molecule has 37 heavy (non-hydrogen) atoms. The first-order chi connectivity index (χ1) is 17.8. The number of carbonyl (C=O) groups excluding carboxylic acids is 3. The topological polar surface area (TPSA) is 122 Å². The van der Waals surface area contributed by atoms with Crippen LogP contribution >= 0.6 is 0 Å². The van der Waals surface area contributed by atoms with Crippen LogP contribution in [0.5, 0.6) is 17.2 Å². The number of nitrogens with zero attached hydrogens (tertiary/aromatic N) is 1. The first-order valence-electron chi connectivity index (χ1n) is 12.4.